The van der Waals surface area contributed by atoms with Crippen molar-refractivity contribution in [3.63, 3.8) is 0 Å². The molecule has 1 aliphatic carbocycles. The van der Waals surface area contributed by atoms with Crippen LogP contribution in [0.25, 0.3) is 16.4 Å². The van der Waals surface area contributed by atoms with Gasteiger partial charge in [-0.15, -0.1) is 11.3 Å². The van der Waals surface area contributed by atoms with Crippen molar-refractivity contribution in [2.75, 3.05) is 25.0 Å². The summed E-state index contributed by atoms with van der Waals surface area (Å²) in [6.07, 6.45) is 0.0318. The van der Waals surface area contributed by atoms with Gasteiger partial charge in [0.05, 0.1) is 23.4 Å². The number of amides is 1. The van der Waals surface area contributed by atoms with E-state index in [2.05, 4.69) is 40.5 Å². The summed E-state index contributed by atoms with van der Waals surface area (Å²) in [5, 5.41) is 9.43. The lowest BCUT2D eigenvalue weighted by Gasteiger charge is -2.32. The van der Waals surface area contributed by atoms with E-state index >= 15 is 0 Å². The number of hydrogen-bond donors (Lipinski definition) is 1. The highest BCUT2D eigenvalue weighted by Crippen LogP contribution is 2.37. The van der Waals surface area contributed by atoms with Crippen LogP contribution in [0.3, 0.4) is 0 Å². The van der Waals surface area contributed by atoms with E-state index in [0.29, 0.717) is 28.7 Å². The molecular formula is C34H36F3N5O3S. The molecular weight excluding hydrogens is 615 g/mol. The zero-order valence-corrected chi connectivity index (χ0v) is 26.8. The first-order valence-corrected chi connectivity index (χ1v) is 16.4. The van der Waals surface area contributed by atoms with E-state index in [4.69, 9.17) is 4.74 Å². The molecule has 1 N–H and O–H groups in total. The summed E-state index contributed by atoms with van der Waals surface area (Å²) in [5.41, 5.74) is 4.08. The van der Waals surface area contributed by atoms with Crippen LogP contribution in [-0.2, 0) is 22.3 Å². The number of benzene rings is 1. The van der Waals surface area contributed by atoms with Gasteiger partial charge in [0.1, 0.15) is 5.56 Å². The van der Waals surface area contributed by atoms with Crippen molar-refractivity contribution >= 4 is 28.9 Å². The van der Waals surface area contributed by atoms with Gasteiger partial charge in [-0.05, 0) is 98.2 Å². The number of esters is 1. The molecule has 1 saturated carbocycles. The fourth-order valence-electron chi connectivity index (χ4n) is 6.07. The summed E-state index contributed by atoms with van der Waals surface area (Å²) >= 11 is 1.47. The monoisotopic (exact) mass is 651 g/mol. The summed E-state index contributed by atoms with van der Waals surface area (Å²) in [6, 6.07) is 11.3. The minimum atomic E-state index is -4.86. The standard InChI is InChI=1S/C34H36F3N5O3S/c1-4-45-33(44)26-18-39-42(31(26)34(35,36)37)29-7-5-6-28(40-29)30-25(21(3)19-46-30)17-38-27-11-10-24(16-20(27)2)22-12-14-41(15-13-22)32(43)23-8-9-23/h5-7,10-11,16,18-19,22-23,38H,4,8-9,12-15,17H2,1-3H3. The number of nitrogens with one attached hydrogen (secondary N) is 1. The van der Waals surface area contributed by atoms with Gasteiger partial charge in [0.2, 0.25) is 5.91 Å². The topological polar surface area (TPSA) is 89.4 Å². The molecule has 8 nitrogen and oxygen atoms in total. The number of piperidine rings is 1. The second-order valence-corrected chi connectivity index (χ2v) is 12.8. The molecule has 6 rings (SSSR count). The Morgan fingerprint density at radius 2 is 1.83 bits per heavy atom. The van der Waals surface area contributed by atoms with Crippen LogP contribution in [0.5, 0.6) is 0 Å². The highest BCUT2D eigenvalue weighted by Gasteiger charge is 2.41. The van der Waals surface area contributed by atoms with Crippen molar-refractivity contribution in [1.29, 1.82) is 0 Å². The van der Waals surface area contributed by atoms with E-state index in [-0.39, 0.29) is 18.3 Å². The first kappa shape index (κ1) is 31.8. The number of alkyl halides is 3. The van der Waals surface area contributed by atoms with E-state index in [9.17, 15) is 22.8 Å². The molecule has 242 valence electrons. The maximum absolute atomic E-state index is 14.1. The largest absolute Gasteiger partial charge is 0.462 e. The minimum absolute atomic E-state index is 0.0560. The summed E-state index contributed by atoms with van der Waals surface area (Å²) < 4.78 is 47.8. The van der Waals surface area contributed by atoms with Crippen LogP contribution in [-0.4, -0.2) is 51.2 Å². The molecule has 0 atom stereocenters. The average molecular weight is 652 g/mol. The van der Waals surface area contributed by atoms with Crippen LogP contribution in [0, 0.1) is 19.8 Å². The van der Waals surface area contributed by atoms with Gasteiger partial charge in [0.25, 0.3) is 0 Å². The first-order chi connectivity index (χ1) is 22.0. The smallest absolute Gasteiger partial charge is 0.434 e. The van der Waals surface area contributed by atoms with Gasteiger partial charge in [-0.3, -0.25) is 4.79 Å². The second kappa shape index (κ2) is 12.9. The third-order valence-electron chi connectivity index (χ3n) is 8.73. The van der Waals surface area contributed by atoms with Crippen molar-refractivity contribution < 1.29 is 27.5 Å². The Labute approximate surface area is 269 Å². The van der Waals surface area contributed by atoms with Crippen LogP contribution >= 0.6 is 11.3 Å². The lowest BCUT2D eigenvalue weighted by atomic mass is 9.88. The van der Waals surface area contributed by atoms with Crippen LogP contribution in [0.4, 0.5) is 18.9 Å². The molecule has 3 aromatic heterocycles. The number of aryl methyl sites for hydroxylation is 2. The molecule has 2 fully saturated rings. The zero-order chi connectivity index (χ0) is 32.6. The van der Waals surface area contributed by atoms with Gasteiger partial charge in [0.15, 0.2) is 11.5 Å². The molecule has 4 aromatic rings. The molecule has 12 heteroatoms. The maximum atomic E-state index is 14.1. The fraction of sp³-hybridized carbons (Fsp3) is 0.412. The summed E-state index contributed by atoms with van der Waals surface area (Å²) in [4.78, 5) is 32.1. The lowest BCUT2D eigenvalue weighted by Crippen LogP contribution is -2.38. The van der Waals surface area contributed by atoms with E-state index in [1.165, 1.54) is 29.9 Å². The number of likely N-dealkylation sites (tertiary alicyclic amines) is 1. The number of thiophene rings is 1. The molecule has 1 amide bonds. The Hall–Kier alpha value is -4.19. The third kappa shape index (κ3) is 6.53. The Morgan fingerprint density at radius 1 is 1.07 bits per heavy atom. The van der Waals surface area contributed by atoms with Crippen LogP contribution in [0.15, 0.2) is 48.0 Å². The van der Waals surface area contributed by atoms with Crippen molar-refractivity contribution in [1.82, 2.24) is 19.7 Å². The van der Waals surface area contributed by atoms with E-state index in [1.54, 1.807) is 12.1 Å². The fourth-order valence-corrected chi connectivity index (χ4v) is 7.12. The predicted molar refractivity (Wildman–Crippen MR) is 170 cm³/mol. The van der Waals surface area contributed by atoms with Gasteiger partial charge < -0.3 is 15.0 Å². The Kier molecular flexibility index (Phi) is 8.91. The Balaban J connectivity index is 1.18. The second-order valence-electron chi connectivity index (χ2n) is 11.9. The number of anilines is 1. The number of carbonyl (C=O) groups is 2. The van der Waals surface area contributed by atoms with Crippen molar-refractivity contribution in [3.8, 4) is 16.4 Å². The molecule has 1 aliphatic heterocycles. The molecule has 4 heterocycles. The molecule has 0 spiro atoms. The molecule has 0 bridgehead atoms. The van der Waals surface area contributed by atoms with Gasteiger partial charge in [-0.1, -0.05) is 18.2 Å². The minimum Gasteiger partial charge on any atom is -0.462 e. The highest BCUT2D eigenvalue weighted by atomic mass is 32.1. The van der Waals surface area contributed by atoms with E-state index in [1.807, 2.05) is 17.2 Å². The summed E-state index contributed by atoms with van der Waals surface area (Å²) in [7, 11) is 0. The van der Waals surface area contributed by atoms with E-state index in [0.717, 1.165) is 72.2 Å². The number of ether oxygens (including phenoxy) is 1. The highest BCUT2D eigenvalue weighted by molar-refractivity contribution is 7.13. The SMILES string of the molecule is CCOC(=O)c1cnn(-c2cccc(-c3scc(C)c3CNc3ccc(C4CCN(C(=O)C5CC5)CC4)cc3C)n2)c1C(F)(F)F. The number of halogens is 3. The normalized spacial score (nSPS) is 15.7. The average Bonchev–Trinajstić information content (AvgIpc) is 3.67. The number of nitrogens with zero attached hydrogens (tertiary/aromatic N) is 4. The molecule has 2 aliphatic rings. The Morgan fingerprint density at radius 3 is 2.50 bits per heavy atom. The molecule has 1 aromatic carbocycles. The van der Waals surface area contributed by atoms with Gasteiger partial charge >= 0.3 is 12.1 Å². The number of hydrogen-bond acceptors (Lipinski definition) is 7. The number of rotatable bonds is 9. The molecule has 46 heavy (non-hydrogen) atoms. The van der Waals surface area contributed by atoms with Crippen molar-refractivity contribution in [2.24, 2.45) is 5.92 Å². The number of pyridine rings is 1. The van der Waals surface area contributed by atoms with Gasteiger partial charge in [-0.2, -0.15) is 18.3 Å². The third-order valence-corrected chi connectivity index (χ3v) is 9.89. The molecule has 0 unspecified atom stereocenters. The number of aromatic nitrogens is 3. The van der Waals surface area contributed by atoms with Crippen LogP contribution in [0.2, 0.25) is 0 Å². The predicted octanol–water partition coefficient (Wildman–Crippen LogP) is 7.54. The van der Waals surface area contributed by atoms with Gasteiger partial charge in [-0.25, -0.2) is 14.5 Å². The molecule has 0 radical (unpaired) electrons. The summed E-state index contributed by atoms with van der Waals surface area (Å²) in [5.74, 6) is -0.121. The first-order valence-electron chi connectivity index (χ1n) is 15.6. The van der Waals surface area contributed by atoms with Gasteiger partial charge in [0, 0.05) is 31.2 Å². The van der Waals surface area contributed by atoms with Crippen molar-refractivity contribution in [3.05, 3.63) is 81.5 Å². The van der Waals surface area contributed by atoms with Crippen molar-refractivity contribution in [2.45, 2.75) is 65.1 Å². The van der Waals surface area contributed by atoms with Crippen LogP contribution < -0.4 is 5.32 Å². The maximum Gasteiger partial charge on any atom is 0.434 e. The Bertz CT molecular complexity index is 1750. The zero-order valence-electron chi connectivity index (χ0n) is 26.0. The quantitative estimate of drug-likeness (QED) is 0.188. The lowest BCUT2D eigenvalue weighted by molar-refractivity contribution is -0.143. The number of carbonyl (C=O) groups excluding carboxylic acids is 2. The van der Waals surface area contributed by atoms with E-state index < -0.39 is 23.4 Å². The summed E-state index contributed by atoms with van der Waals surface area (Å²) in [6.45, 7) is 7.68. The van der Waals surface area contributed by atoms with Crippen LogP contribution in [0.1, 0.15) is 76.8 Å². The molecule has 1 saturated heterocycles.